The predicted molar refractivity (Wildman–Crippen MR) is 46.3 cm³/mol. The minimum absolute atomic E-state index is 0.294. The van der Waals surface area contributed by atoms with Crippen molar-refractivity contribution in [3.8, 4) is 0 Å². The summed E-state index contributed by atoms with van der Waals surface area (Å²) in [5.41, 5.74) is -0.312. The predicted octanol–water partition coefficient (Wildman–Crippen LogP) is -0.937. The molecule has 0 atom stereocenters. The van der Waals surface area contributed by atoms with E-state index >= 15 is 0 Å². The number of aromatic amines is 1. The highest BCUT2D eigenvalue weighted by Crippen LogP contribution is 2.01. The quantitative estimate of drug-likeness (QED) is 0.567. The fourth-order valence-electron chi connectivity index (χ4n) is 1.19. The summed E-state index contributed by atoms with van der Waals surface area (Å²) in [6.45, 7) is 0. The molecule has 0 aliphatic carbocycles. The fraction of sp³-hybridized carbons (Fsp3) is 0.143. The minimum Gasteiger partial charge on any atom is -0.323 e. The van der Waals surface area contributed by atoms with E-state index < -0.39 is 11.2 Å². The zero-order valence-electron chi connectivity index (χ0n) is 6.94. The highest BCUT2D eigenvalue weighted by molar-refractivity contribution is 5.69. The zero-order valence-corrected chi connectivity index (χ0v) is 6.94. The van der Waals surface area contributed by atoms with Crippen molar-refractivity contribution in [2.24, 2.45) is 7.05 Å². The first-order chi connectivity index (χ1) is 6.11. The van der Waals surface area contributed by atoms with Crippen LogP contribution < -0.4 is 11.2 Å². The summed E-state index contributed by atoms with van der Waals surface area (Å²) in [7, 11) is 5.09. The van der Waals surface area contributed by atoms with Crippen LogP contribution in [0.15, 0.2) is 15.9 Å². The smallest absolute Gasteiger partial charge is 0.323 e. The van der Waals surface area contributed by atoms with Crippen LogP contribution in [0.2, 0.25) is 0 Å². The van der Waals surface area contributed by atoms with Gasteiger partial charge in [-0.25, -0.2) is 9.78 Å². The molecular formula is C7H7N4O2. The zero-order chi connectivity index (χ0) is 9.59. The first kappa shape index (κ1) is 7.78. The van der Waals surface area contributed by atoms with E-state index in [-0.39, 0.29) is 0 Å². The second kappa shape index (κ2) is 2.32. The summed E-state index contributed by atoms with van der Waals surface area (Å²) < 4.78 is 2.59. The number of hydrogen-bond donors (Lipinski definition) is 1. The van der Waals surface area contributed by atoms with Crippen LogP contribution in [-0.2, 0) is 7.05 Å². The van der Waals surface area contributed by atoms with Crippen LogP contribution in [0.4, 0.5) is 0 Å². The van der Waals surface area contributed by atoms with E-state index in [4.69, 9.17) is 0 Å². The number of aromatic nitrogens is 4. The van der Waals surface area contributed by atoms with Gasteiger partial charge in [0.1, 0.15) is 0 Å². The second-order valence-electron chi connectivity index (χ2n) is 2.70. The maximum atomic E-state index is 11.3. The van der Waals surface area contributed by atoms with Crippen LogP contribution in [0.25, 0.3) is 11.2 Å². The molecule has 67 valence electrons. The maximum Gasteiger partial charge on any atom is 0.329 e. The van der Waals surface area contributed by atoms with E-state index in [0.29, 0.717) is 11.2 Å². The van der Waals surface area contributed by atoms with Crippen LogP contribution in [0, 0.1) is 7.05 Å². The van der Waals surface area contributed by atoms with E-state index in [0.717, 1.165) is 0 Å². The van der Waals surface area contributed by atoms with Crippen molar-refractivity contribution < 1.29 is 0 Å². The van der Waals surface area contributed by atoms with E-state index in [1.165, 1.54) is 22.5 Å². The van der Waals surface area contributed by atoms with E-state index in [2.05, 4.69) is 17.0 Å². The van der Waals surface area contributed by atoms with Gasteiger partial charge in [-0.1, -0.05) is 0 Å². The molecule has 2 aromatic heterocycles. The lowest BCUT2D eigenvalue weighted by atomic mass is 10.5. The molecule has 0 aliphatic heterocycles. The van der Waals surface area contributed by atoms with Gasteiger partial charge in [-0.15, -0.1) is 0 Å². The third-order valence-electron chi connectivity index (χ3n) is 1.88. The highest BCUT2D eigenvalue weighted by Gasteiger charge is 2.08. The summed E-state index contributed by atoms with van der Waals surface area (Å²) in [6, 6.07) is 0. The lowest BCUT2D eigenvalue weighted by Gasteiger charge is -1.96. The topological polar surface area (TPSA) is 72.7 Å². The Morgan fingerprint density at radius 1 is 1.54 bits per heavy atom. The second-order valence-corrected chi connectivity index (χ2v) is 2.70. The SMILES string of the molecule is [CH2]n1cnc2c1c(=O)[nH]c(=O)n2C. The number of nitrogens with one attached hydrogen (secondary N) is 1. The van der Waals surface area contributed by atoms with Crippen LogP contribution in [-0.4, -0.2) is 19.1 Å². The number of rotatable bonds is 0. The van der Waals surface area contributed by atoms with Gasteiger partial charge in [-0.2, -0.15) is 0 Å². The number of fused-ring (bicyclic) bond motifs is 1. The Morgan fingerprint density at radius 3 is 2.92 bits per heavy atom. The molecule has 2 rings (SSSR count). The van der Waals surface area contributed by atoms with Crippen LogP contribution in [0.1, 0.15) is 0 Å². The van der Waals surface area contributed by atoms with Crippen LogP contribution in [0.3, 0.4) is 0 Å². The van der Waals surface area contributed by atoms with Gasteiger partial charge >= 0.3 is 5.69 Å². The standard InChI is InChI=1S/C7H7N4O2/c1-10-3-8-5-4(10)6(12)9-7(13)11(5)2/h3H,1H2,2H3,(H,9,12,13). The average molecular weight is 179 g/mol. The molecule has 1 N–H and O–H groups in total. The van der Waals surface area contributed by atoms with Crippen molar-refractivity contribution in [2.75, 3.05) is 0 Å². The van der Waals surface area contributed by atoms with Gasteiger partial charge in [0.15, 0.2) is 11.2 Å². The number of hydrogen-bond acceptors (Lipinski definition) is 3. The van der Waals surface area contributed by atoms with Gasteiger partial charge in [0.05, 0.1) is 6.33 Å². The largest absolute Gasteiger partial charge is 0.329 e. The van der Waals surface area contributed by atoms with Gasteiger partial charge in [0.25, 0.3) is 5.56 Å². The van der Waals surface area contributed by atoms with Crippen LogP contribution in [0.5, 0.6) is 0 Å². The molecular weight excluding hydrogens is 172 g/mol. The molecule has 0 fully saturated rings. The van der Waals surface area contributed by atoms with Gasteiger partial charge in [-0.3, -0.25) is 14.3 Å². The molecule has 0 aliphatic rings. The van der Waals surface area contributed by atoms with Crippen molar-refractivity contribution >= 4 is 11.2 Å². The summed E-state index contributed by atoms with van der Waals surface area (Å²) in [5.74, 6) is 0. The fourth-order valence-corrected chi connectivity index (χ4v) is 1.19. The summed E-state index contributed by atoms with van der Waals surface area (Å²) in [6.07, 6.45) is 1.39. The van der Waals surface area contributed by atoms with E-state index in [1.54, 1.807) is 0 Å². The Kier molecular flexibility index (Phi) is 1.39. The number of nitrogens with zero attached hydrogens (tertiary/aromatic N) is 3. The molecule has 0 aromatic carbocycles. The first-order valence-electron chi connectivity index (χ1n) is 3.58. The Balaban J connectivity index is 3.18. The van der Waals surface area contributed by atoms with Crippen molar-refractivity contribution in [1.29, 1.82) is 0 Å². The lowest BCUT2D eigenvalue weighted by Crippen LogP contribution is -2.28. The maximum absolute atomic E-state index is 11.3. The van der Waals surface area contributed by atoms with Crippen LogP contribution >= 0.6 is 0 Å². The Labute approximate surface area is 72.5 Å². The number of aryl methyl sites for hydroxylation is 1. The molecule has 2 aromatic rings. The number of imidazole rings is 1. The molecule has 0 saturated heterocycles. The monoisotopic (exact) mass is 179 g/mol. The first-order valence-corrected chi connectivity index (χ1v) is 3.58. The normalized spacial score (nSPS) is 10.9. The van der Waals surface area contributed by atoms with E-state index in [1.807, 2.05) is 0 Å². The van der Waals surface area contributed by atoms with Crippen molar-refractivity contribution in [2.45, 2.75) is 0 Å². The molecule has 0 unspecified atom stereocenters. The molecule has 0 bridgehead atoms. The lowest BCUT2D eigenvalue weighted by molar-refractivity contribution is 0.831. The third kappa shape index (κ3) is 0.915. The third-order valence-corrected chi connectivity index (χ3v) is 1.88. The number of H-pyrrole nitrogens is 1. The molecule has 6 nitrogen and oxygen atoms in total. The molecule has 0 spiro atoms. The van der Waals surface area contributed by atoms with Gasteiger partial charge < -0.3 is 4.57 Å². The Hall–Kier alpha value is -1.85. The van der Waals surface area contributed by atoms with Gasteiger partial charge in [-0.05, 0) is 0 Å². The summed E-state index contributed by atoms with van der Waals surface area (Å²) in [4.78, 5) is 28.4. The molecule has 0 amide bonds. The highest BCUT2D eigenvalue weighted by atomic mass is 16.2. The molecule has 2 heterocycles. The van der Waals surface area contributed by atoms with Gasteiger partial charge in [0, 0.05) is 14.1 Å². The Morgan fingerprint density at radius 2 is 2.23 bits per heavy atom. The molecule has 13 heavy (non-hydrogen) atoms. The van der Waals surface area contributed by atoms with Crippen molar-refractivity contribution in [3.05, 3.63) is 34.2 Å². The molecule has 0 saturated carbocycles. The van der Waals surface area contributed by atoms with Crippen molar-refractivity contribution in [3.63, 3.8) is 0 Å². The Bertz CT molecular complexity index is 574. The summed E-state index contributed by atoms with van der Waals surface area (Å²) in [5, 5.41) is 0. The van der Waals surface area contributed by atoms with E-state index in [9.17, 15) is 9.59 Å². The molecule has 6 heteroatoms. The van der Waals surface area contributed by atoms with Gasteiger partial charge in [0.2, 0.25) is 0 Å². The molecule has 1 radical (unpaired) electrons. The average Bonchev–Trinajstić information content (AvgIpc) is 2.44. The minimum atomic E-state index is -0.476. The summed E-state index contributed by atoms with van der Waals surface area (Å²) >= 11 is 0. The van der Waals surface area contributed by atoms with Crippen molar-refractivity contribution in [1.82, 2.24) is 19.1 Å².